The van der Waals surface area contributed by atoms with Gasteiger partial charge in [-0.15, -0.1) is 0 Å². The van der Waals surface area contributed by atoms with Gasteiger partial charge in [0.15, 0.2) is 5.82 Å². The minimum absolute atomic E-state index is 0.0224. The van der Waals surface area contributed by atoms with Gasteiger partial charge in [0.2, 0.25) is 5.91 Å². The molecule has 1 saturated carbocycles. The van der Waals surface area contributed by atoms with Crippen molar-refractivity contribution < 1.29 is 9.53 Å². The maximum atomic E-state index is 11.7. The maximum absolute atomic E-state index is 11.7. The van der Waals surface area contributed by atoms with E-state index in [0.29, 0.717) is 5.82 Å². The molecule has 5 aromatic rings. The van der Waals surface area contributed by atoms with E-state index in [1.165, 1.54) is 0 Å². The van der Waals surface area contributed by atoms with Crippen LogP contribution in [0.2, 0.25) is 0 Å². The second kappa shape index (κ2) is 9.89. The van der Waals surface area contributed by atoms with Crippen LogP contribution < -0.4 is 15.4 Å². The molecule has 3 aromatic carbocycles. The fourth-order valence-corrected chi connectivity index (χ4v) is 5.01. The number of hydrogen-bond donors (Lipinski definition) is 3. The summed E-state index contributed by atoms with van der Waals surface area (Å²) in [6.45, 7) is 1.56. The number of carbonyl (C=O) groups excluding carboxylic acids is 1. The number of aromatic amines is 1. The quantitative estimate of drug-likeness (QED) is 0.279. The van der Waals surface area contributed by atoms with Crippen LogP contribution in [0.15, 0.2) is 72.9 Å². The van der Waals surface area contributed by atoms with E-state index >= 15 is 0 Å². The van der Waals surface area contributed by atoms with Crippen molar-refractivity contribution in [1.29, 1.82) is 0 Å². The van der Waals surface area contributed by atoms with Crippen LogP contribution in [0.3, 0.4) is 0 Å². The Hall–Kier alpha value is -4.46. The molecule has 186 valence electrons. The van der Waals surface area contributed by atoms with Crippen molar-refractivity contribution in [3.05, 3.63) is 72.9 Å². The molecule has 0 bridgehead atoms. The van der Waals surface area contributed by atoms with Gasteiger partial charge >= 0.3 is 0 Å². The molecule has 0 aliphatic heterocycles. The van der Waals surface area contributed by atoms with Crippen LogP contribution in [-0.4, -0.2) is 38.2 Å². The zero-order valence-corrected chi connectivity index (χ0v) is 20.6. The summed E-state index contributed by atoms with van der Waals surface area (Å²) in [7, 11) is 0. The molecule has 37 heavy (non-hydrogen) atoms. The van der Waals surface area contributed by atoms with Crippen LogP contribution in [-0.2, 0) is 4.79 Å². The normalized spacial score (nSPS) is 17.5. The van der Waals surface area contributed by atoms with Gasteiger partial charge in [-0.3, -0.25) is 9.89 Å². The predicted octanol–water partition coefficient (Wildman–Crippen LogP) is 5.74. The highest BCUT2D eigenvalue weighted by Crippen LogP contribution is 2.31. The highest BCUT2D eigenvalue weighted by Gasteiger charge is 2.27. The fourth-order valence-electron chi connectivity index (χ4n) is 5.01. The number of benzene rings is 3. The number of nitrogens with one attached hydrogen (secondary N) is 3. The Morgan fingerprint density at radius 3 is 2.81 bits per heavy atom. The molecule has 8 heteroatoms. The number of aromatic nitrogens is 4. The number of anilines is 2. The summed E-state index contributed by atoms with van der Waals surface area (Å²) in [4.78, 5) is 21.4. The molecule has 0 radical (unpaired) electrons. The van der Waals surface area contributed by atoms with E-state index in [-0.39, 0.29) is 18.1 Å². The molecule has 2 heterocycles. The van der Waals surface area contributed by atoms with Crippen LogP contribution >= 0.6 is 0 Å². The van der Waals surface area contributed by atoms with Crippen LogP contribution in [0, 0.1) is 0 Å². The average Bonchev–Trinajstić information content (AvgIpc) is 3.38. The van der Waals surface area contributed by atoms with Gasteiger partial charge in [0.25, 0.3) is 0 Å². The number of amides is 1. The van der Waals surface area contributed by atoms with Crippen molar-refractivity contribution in [3.63, 3.8) is 0 Å². The molecule has 0 saturated heterocycles. The summed E-state index contributed by atoms with van der Waals surface area (Å²) in [5.41, 5.74) is 3.61. The number of rotatable bonds is 6. The van der Waals surface area contributed by atoms with Gasteiger partial charge in [0, 0.05) is 28.9 Å². The lowest BCUT2D eigenvalue weighted by Crippen LogP contribution is -2.47. The van der Waals surface area contributed by atoms with E-state index in [2.05, 4.69) is 20.8 Å². The Labute approximate surface area is 214 Å². The Morgan fingerprint density at radius 2 is 1.89 bits per heavy atom. The van der Waals surface area contributed by atoms with Crippen LogP contribution in [0.1, 0.15) is 32.6 Å². The van der Waals surface area contributed by atoms with Gasteiger partial charge < -0.3 is 15.4 Å². The standard InChI is InChI=1S/C29H28N6O2/c1-18(36)31-26-11-4-5-12-27(26)37-22-8-6-7-19(16-22)28-33-25-10-3-2-9-23(25)29(34-28)32-21-13-14-24-20(15-21)17-30-35-24/h2-3,6-10,13-17,26-27H,4-5,11-12H2,1H3,(H,30,35)(H,31,36)(H,32,33,34). The highest BCUT2D eigenvalue weighted by molar-refractivity contribution is 5.93. The summed E-state index contributed by atoms with van der Waals surface area (Å²) < 4.78 is 6.38. The van der Waals surface area contributed by atoms with E-state index in [0.717, 1.165) is 70.3 Å². The van der Waals surface area contributed by atoms with E-state index in [4.69, 9.17) is 14.7 Å². The Balaban J connectivity index is 1.32. The van der Waals surface area contributed by atoms with Crippen LogP contribution in [0.25, 0.3) is 33.2 Å². The number of ether oxygens (including phenoxy) is 1. The van der Waals surface area contributed by atoms with Crippen molar-refractivity contribution >= 4 is 39.2 Å². The molecular formula is C29H28N6O2. The molecule has 2 aromatic heterocycles. The van der Waals surface area contributed by atoms with Gasteiger partial charge in [-0.2, -0.15) is 5.10 Å². The zero-order valence-electron chi connectivity index (χ0n) is 20.6. The SMILES string of the molecule is CC(=O)NC1CCCCC1Oc1cccc(-c2nc(Nc3ccc4[nH]ncc4c3)c3ccccc3n2)c1. The third kappa shape index (κ3) is 4.95. The molecule has 1 aliphatic rings. The molecule has 6 rings (SSSR count). The lowest BCUT2D eigenvalue weighted by Gasteiger charge is -2.32. The first-order valence-corrected chi connectivity index (χ1v) is 12.6. The first kappa shape index (κ1) is 23.0. The van der Waals surface area contributed by atoms with Crippen molar-refractivity contribution in [2.75, 3.05) is 5.32 Å². The Kier molecular flexibility index (Phi) is 6.14. The number of fused-ring (bicyclic) bond motifs is 2. The lowest BCUT2D eigenvalue weighted by atomic mass is 9.92. The van der Waals surface area contributed by atoms with E-state index in [1.807, 2.05) is 66.7 Å². The summed E-state index contributed by atoms with van der Waals surface area (Å²) in [6, 6.07) is 21.9. The lowest BCUT2D eigenvalue weighted by molar-refractivity contribution is -0.120. The first-order chi connectivity index (χ1) is 18.1. The highest BCUT2D eigenvalue weighted by atomic mass is 16.5. The smallest absolute Gasteiger partial charge is 0.217 e. The third-order valence-corrected chi connectivity index (χ3v) is 6.78. The summed E-state index contributed by atoms with van der Waals surface area (Å²) >= 11 is 0. The fraction of sp³-hybridized carbons (Fsp3) is 0.241. The first-order valence-electron chi connectivity index (χ1n) is 12.6. The Bertz CT molecular complexity index is 1580. The molecule has 1 amide bonds. The average molecular weight is 493 g/mol. The molecule has 8 nitrogen and oxygen atoms in total. The third-order valence-electron chi connectivity index (χ3n) is 6.78. The summed E-state index contributed by atoms with van der Waals surface area (Å²) in [5, 5.41) is 15.6. The van der Waals surface area contributed by atoms with E-state index in [1.54, 1.807) is 13.1 Å². The molecular weight excluding hydrogens is 464 g/mol. The Morgan fingerprint density at radius 1 is 1.00 bits per heavy atom. The zero-order chi connectivity index (χ0) is 25.2. The number of H-pyrrole nitrogens is 1. The van der Waals surface area contributed by atoms with E-state index in [9.17, 15) is 4.79 Å². The van der Waals surface area contributed by atoms with Gasteiger partial charge in [-0.25, -0.2) is 9.97 Å². The molecule has 0 spiro atoms. The maximum Gasteiger partial charge on any atom is 0.217 e. The minimum Gasteiger partial charge on any atom is -0.488 e. The predicted molar refractivity (Wildman–Crippen MR) is 145 cm³/mol. The van der Waals surface area contributed by atoms with Crippen molar-refractivity contribution in [3.8, 4) is 17.1 Å². The molecule has 3 N–H and O–H groups in total. The largest absolute Gasteiger partial charge is 0.488 e. The topological polar surface area (TPSA) is 105 Å². The monoisotopic (exact) mass is 492 g/mol. The van der Waals surface area contributed by atoms with Crippen molar-refractivity contribution in [2.24, 2.45) is 0 Å². The van der Waals surface area contributed by atoms with Crippen molar-refractivity contribution in [1.82, 2.24) is 25.5 Å². The van der Waals surface area contributed by atoms with Gasteiger partial charge in [0.05, 0.1) is 23.3 Å². The number of para-hydroxylation sites is 1. The number of carbonyl (C=O) groups is 1. The van der Waals surface area contributed by atoms with Gasteiger partial charge in [0.1, 0.15) is 17.7 Å². The molecule has 2 atom stereocenters. The minimum atomic E-state index is -0.0551. The van der Waals surface area contributed by atoms with Gasteiger partial charge in [-0.05, 0) is 61.7 Å². The number of nitrogens with zero attached hydrogens (tertiary/aromatic N) is 3. The second-order valence-electron chi connectivity index (χ2n) is 9.49. The molecule has 1 fully saturated rings. The van der Waals surface area contributed by atoms with Gasteiger partial charge in [-0.1, -0.05) is 30.7 Å². The van der Waals surface area contributed by atoms with E-state index < -0.39 is 0 Å². The van der Waals surface area contributed by atoms with Crippen LogP contribution in [0.5, 0.6) is 5.75 Å². The molecule has 1 aliphatic carbocycles. The second-order valence-corrected chi connectivity index (χ2v) is 9.49. The summed E-state index contributed by atoms with van der Waals surface area (Å²) in [6.07, 6.45) is 5.78. The summed E-state index contributed by atoms with van der Waals surface area (Å²) in [5.74, 6) is 2.06. The van der Waals surface area contributed by atoms with Crippen LogP contribution in [0.4, 0.5) is 11.5 Å². The number of hydrogen-bond acceptors (Lipinski definition) is 6. The van der Waals surface area contributed by atoms with Crippen molar-refractivity contribution in [2.45, 2.75) is 44.8 Å². The molecule has 2 unspecified atom stereocenters.